The second-order valence-electron chi connectivity index (χ2n) is 6.63. The molecule has 0 aromatic carbocycles. The first kappa shape index (κ1) is 16.3. The molecule has 21 heavy (non-hydrogen) atoms. The van der Waals surface area contributed by atoms with Crippen LogP contribution in [0, 0.1) is 17.3 Å². The van der Waals surface area contributed by atoms with E-state index in [4.69, 9.17) is 0 Å². The minimum Gasteiger partial charge on any atom is -0.481 e. The first-order valence-corrected chi connectivity index (χ1v) is 8.31. The molecule has 1 saturated carbocycles. The Morgan fingerprint density at radius 3 is 2.62 bits per heavy atom. The topological polar surface area (TPSA) is 78.4 Å². The summed E-state index contributed by atoms with van der Waals surface area (Å²) in [5, 5.41) is 15.6. The Balaban J connectivity index is 1.91. The molecule has 2 rings (SSSR count). The lowest BCUT2D eigenvalue weighted by atomic mass is 9.74. The summed E-state index contributed by atoms with van der Waals surface area (Å²) < 4.78 is 0. The van der Waals surface area contributed by atoms with Crippen LogP contribution in [0.1, 0.15) is 51.9 Å². The van der Waals surface area contributed by atoms with E-state index in [9.17, 15) is 14.7 Å². The van der Waals surface area contributed by atoms with Gasteiger partial charge in [-0.2, -0.15) is 0 Å². The van der Waals surface area contributed by atoms with Crippen molar-refractivity contribution in [3.05, 3.63) is 0 Å². The third-order valence-corrected chi connectivity index (χ3v) is 5.27. The molecule has 120 valence electrons. The molecule has 2 fully saturated rings. The molecule has 0 aromatic rings. The van der Waals surface area contributed by atoms with Crippen LogP contribution in [0.4, 0.5) is 0 Å². The van der Waals surface area contributed by atoms with Crippen LogP contribution in [-0.4, -0.2) is 36.6 Å². The Hall–Kier alpha value is -1.10. The summed E-state index contributed by atoms with van der Waals surface area (Å²) in [5.74, 6) is -0.744. The largest absolute Gasteiger partial charge is 0.481 e. The van der Waals surface area contributed by atoms with E-state index in [1.54, 1.807) is 0 Å². The quantitative estimate of drug-likeness (QED) is 0.698. The second kappa shape index (κ2) is 7.25. The molecule has 1 amide bonds. The van der Waals surface area contributed by atoms with Gasteiger partial charge in [0.15, 0.2) is 0 Å². The average Bonchev–Trinajstić information content (AvgIpc) is 2.94. The van der Waals surface area contributed by atoms with Gasteiger partial charge in [-0.25, -0.2) is 0 Å². The van der Waals surface area contributed by atoms with Gasteiger partial charge in [-0.05, 0) is 51.1 Å². The molecule has 5 nitrogen and oxygen atoms in total. The van der Waals surface area contributed by atoms with Crippen LogP contribution in [0.15, 0.2) is 0 Å². The highest BCUT2D eigenvalue weighted by Gasteiger charge is 2.39. The van der Waals surface area contributed by atoms with Crippen molar-refractivity contribution in [2.75, 3.05) is 19.6 Å². The normalized spacial score (nSPS) is 28.2. The van der Waals surface area contributed by atoms with Crippen molar-refractivity contribution >= 4 is 11.9 Å². The summed E-state index contributed by atoms with van der Waals surface area (Å²) in [5.41, 5.74) is -0.239. The number of carbonyl (C=O) groups is 2. The van der Waals surface area contributed by atoms with Gasteiger partial charge in [0.05, 0.1) is 11.3 Å². The molecule has 0 spiro atoms. The molecule has 2 aliphatic rings. The Kier molecular flexibility index (Phi) is 5.62. The molecule has 0 bridgehead atoms. The fraction of sp³-hybridized carbons (Fsp3) is 0.875. The first-order valence-electron chi connectivity index (χ1n) is 8.31. The summed E-state index contributed by atoms with van der Waals surface area (Å²) in [7, 11) is 0. The fourth-order valence-electron chi connectivity index (χ4n) is 3.99. The minimum atomic E-state index is -0.711. The molecule has 1 aliphatic heterocycles. The van der Waals surface area contributed by atoms with Crippen molar-refractivity contribution < 1.29 is 14.7 Å². The first-order chi connectivity index (χ1) is 10.1. The second-order valence-corrected chi connectivity index (χ2v) is 6.63. The molecule has 1 heterocycles. The van der Waals surface area contributed by atoms with E-state index in [2.05, 4.69) is 17.6 Å². The van der Waals surface area contributed by atoms with Gasteiger partial charge in [-0.3, -0.25) is 9.59 Å². The number of aliphatic carboxylic acids is 1. The van der Waals surface area contributed by atoms with Crippen LogP contribution < -0.4 is 10.6 Å². The smallest absolute Gasteiger partial charge is 0.306 e. The fourth-order valence-corrected chi connectivity index (χ4v) is 3.99. The average molecular weight is 296 g/mol. The van der Waals surface area contributed by atoms with Crippen molar-refractivity contribution in [1.29, 1.82) is 0 Å². The highest BCUT2D eigenvalue weighted by Crippen LogP contribution is 2.35. The van der Waals surface area contributed by atoms with Gasteiger partial charge < -0.3 is 15.7 Å². The number of carboxylic acid groups (broad SMARTS) is 1. The van der Waals surface area contributed by atoms with Gasteiger partial charge in [0.1, 0.15) is 0 Å². The summed E-state index contributed by atoms with van der Waals surface area (Å²) in [4.78, 5) is 23.9. The maximum absolute atomic E-state index is 12.7. The molecule has 0 aromatic heterocycles. The maximum atomic E-state index is 12.7. The van der Waals surface area contributed by atoms with Gasteiger partial charge in [0.25, 0.3) is 0 Å². The van der Waals surface area contributed by atoms with E-state index in [1.165, 1.54) is 0 Å². The predicted molar refractivity (Wildman–Crippen MR) is 80.9 cm³/mol. The molecule has 0 radical (unpaired) electrons. The summed E-state index contributed by atoms with van der Waals surface area (Å²) in [6.45, 7) is 4.44. The zero-order chi connectivity index (χ0) is 15.3. The number of nitrogens with one attached hydrogen (secondary N) is 2. The van der Waals surface area contributed by atoms with E-state index in [0.717, 1.165) is 58.0 Å². The highest BCUT2D eigenvalue weighted by molar-refractivity contribution is 5.82. The highest BCUT2D eigenvalue weighted by atomic mass is 16.4. The Bertz CT molecular complexity index is 372. The Morgan fingerprint density at radius 1 is 1.29 bits per heavy atom. The van der Waals surface area contributed by atoms with E-state index < -0.39 is 5.97 Å². The van der Waals surface area contributed by atoms with Crippen molar-refractivity contribution in [3.8, 4) is 0 Å². The zero-order valence-electron chi connectivity index (χ0n) is 13.0. The van der Waals surface area contributed by atoms with Gasteiger partial charge in [-0.1, -0.05) is 19.8 Å². The Labute approximate surface area is 126 Å². The Morgan fingerprint density at radius 2 is 2.00 bits per heavy atom. The number of amides is 1. The third-order valence-electron chi connectivity index (χ3n) is 5.27. The van der Waals surface area contributed by atoms with Crippen LogP contribution in [0.25, 0.3) is 0 Å². The number of piperidine rings is 1. The molecule has 2 atom stereocenters. The third kappa shape index (κ3) is 3.76. The van der Waals surface area contributed by atoms with E-state index >= 15 is 0 Å². The standard InChI is InChI=1S/C16H28N2O3/c1-2-6-16(7-9-17-10-8-16)15(21)18-11-12-4-3-5-13(12)14(19)20/h12-13,17H,2-11H2,1H3,(H,18,21)(H,19,20). The van der Waals surface area contributed by atoms with Gasteiger partial charge >= 0.3 is 5.97 Å². The zero-order valence-corrected chi connectivity index (χ0v) is 13.0. The lowest BCUT2D eigenvalue weighted by Gasteiger charge is -2.36. The van der Waals surface area contributed by atoms with Crippen LogP contribution in [0.5, 0.6) is 0 Å². The molecule has 1 aliphatic carbocycles. The van der Waals surface area contributed by atoms with E-state index in [-0.39, 0.29) is 23.2 Å². The number of hydrogen-bond donors (Lipinski definition) is 3. The lowest BCUT2D eigenvalue weighted by Crippen LogP contribution is -2.48. The van der Waals surface area contributed by atoms with Crippen LogP contribution in [0.3, 0.4) is 0 Å². The van der Waals surface area contributed by atoms with E-state index in [1.807, 2.05) is 0 Å². The van der Waals surface area contributed by atoms with Crippen LogP contribution >= 0.6 is 0 Å². The van der Waals surface area contributed by atoms with Gasteiger partial charge in [0, 0.05) is 6.54 Å². The summed E-state index contributed by atoms with van der Waals surface area (Å²) in [6.07, 6.45) is 6.34. The molecule has 2 unspecified atom stereocenters. The summed E-state index contributed by atoms with van der Waals surface area (Å²) in [6, 6.07) is 0. The van der Waals surface area contributed by atoms with Crippen molar-refractivity contribution in [2.24, 2.45) is 17.3 Å². The van der Waals surface area contributed by atoms with Gasteiger partial charge in [0.2, 0.25) is 5.91 Å². The minimum absolute atomic E-state index is 0.104. The summed E-state index contributed by atoms with van der Waals surface area (Å²) >= 11 is 0. The number of carboxylic acids is 1. The number of rotatable bonds is 6. The SMILES string of the molecule is CCCC1(C(=O)NCC2CCCC2C(=O)O)CCNCC1. The van der Waals surface area contributed by atoms with Crippen LogP contribution in [-0.2, 0) is 9.59 Å². The number of carbonyl (C=O) groups excluding carboxylic acids is 1. The molecule has 3 N–H and O–H groups in total. The van der Waals surface area contributed by atoms with Crippen molar-refractivity contribution in [1.82, 2.24) is 10.6 Å². The molecular formula is C16H28N2O3. The molecule has 1 saturated heterocycles. The predicted octanol–water partition coefficient (Wildman–Crippen LogP) is 1.77. The molecule has 5 heteroatoms. The molecular weight excluding hydrogens is 268 g/mol. The monoisotopic (exact) mass is 296 g/mol. The lowest BCUT2D eigenvalue weighted by molar-refractivity contribution is -0.143. The number of hydrogen-bond acceptors (Lipinski definition) is 3. The van der Waals surface area contributed by atoms with E-state index in [0.29, 0.717) is 6.54 Å². The maximum Gasteiger partial charge on any atom is 0.306 e. The van der Waals surface area contributed by atoms with Gasteiger partial charge in [-0.15, -0.1) is 0 Å². The van der Waals surface area contributed by atoms with Crippen molar-refractivity contribution in [3.63, 3.8) is 0 Å². The van der Waals surface area contributed by atoms with Crippen molar-refractivity contribution in [2.45, 2.75) is 51.9 Å². The van der Waals surface area contributed by atoms with Crippen LogP contribution in [0.2, 0.25) is 0 Å².